The third-order valence-electron chi connectivity index (χ3n) is 3.33. The topological polar surface area (TPSA) is 29.3 Å². The lowest BCUT2D eigenvalue weighted by atomic mass is 9.90. The first-order valence-corrected chi connectivity index (χ1v) is 5.46. The highest BCUT2D eigenvalue weighted by atomic mass is 15.2. The van der Waals surface area contributed by atoms with Crippen molar-refractivity contribution in [1.82, 2.24) is 0 Å². The lowest BCUT2D eigenvalue weighted by molar-refractivity contribution is 0.571. The molecule has 3 rings (SSSR count). The van der Waals surface area contributed by atoms with Crippen LogP contribution in [0.2, 0.25) is 0 Å². The van der Waals surface area contributed by atoms with Gasteiger partial charge < -0.3 is 10.6 Å². The summed E-state index contributed by atoms with van der Waals surface area (Å²) in [6, 6.07) is 7.00. The van der Waals surface area contributed by atoms with Gasteiger partial charge in [-0.05, 0) is 30.4 Å². The van der Waals surface area contributed by atoms with Crippen molar-refractivity contribution in [3.05, 3.63) is 29.3 Å². The van der Waals surface area contributed by atoms with Gasteiger partial charge in [0, 0.05) is 24.8 Å². The summed E-state index contributed by atoms with van der Waals surface area (Å²) >= 11 is 0. The number of rotatable bonds is 0. The van der Waals surface area contributed by atoms with Crippen molar-refractivity contribution in [2.75, 3.05) is 18.0 Å². The molecule has 2 N–H and O–H groups in total. The number of nitrogens with zero attached hydrogens (tertiary/aromatic N) is 1. The summed E-state index contributed by atoms with van der Waals surface area (Å²) in [5.41, 5.74) is 10.5. The lowest BCUT2D eigenvalue weighted by Crippen LogP contribution is -2.45. The summed E-state index contributed by atoms with van der Waals surface area (Å²) in [5, 5.41) is 0. The number of hydrogen-bond donors (Lipinski definition) is 1. The number of nitrogens with two attached hydrogens (primary N) is 1. The minimum absolute atomic E-state index is 0.329. The Morgan fingerprint density at radius 2 is 2.14 bits per heavy atom. The summed E-state index contributed by atoms with van der Waals surface area (Å²) in [7, 11) is 0. The second-order valence-electron chi connectivity index (χ2n) is 4.44. The van der Waals surface area contributed by atoms with Crippen LogP contribution < -0.4 is 10.6 Å². The van der Waals surface area contributed by atoms with Gasteiger partial charge >= 0.3 is 0 Å². The van der Waals surface area contributed by atoms with E-state index in [0.29, 0.717) is 6.04 Å². The molecule has 0 radical (unpaired) electrons. The number of para-hydroxylation sites is 1. The molecule has 0 spiro atoms. The van der Waals surface area contributed by atoms with Gasteiger partial charge in [0.15, 0.2) is 0 Å². The van der Waals surface area contributed by atoms with E-state index in [1.807, 2.05) is 0 Å². The molecule has 2 nitrogen and oxygen atoms in total. The van der Waals surface area contributed by atoms with Crippen molar-refractivity contribution in [2.24, 2.45) is 5.73 Å². The normalized spacial score (nSPS) is 24.6. The average Bonchev–Trinajstić information content (AvgIpc) is 2.18. The minimum Gasteiger partial charge on any atom is -0.370 e. The van der Waals surface area contributed by atoms with Gasteiger partial charge in [0.05, 0.1) is 0 Å². The first-order chi connectivity index (χ1) is 6.84. The van der Waals surface area contributed by atoms with E-state index >= 15 is 0 Å². The molecule has 74 valence electrons. The third-order valence-corrected chi connectivity index (χ3v) is 3.33. The highest BCUT2D eigenvalue weighted by Crippen LogP contribution is 2.34. The molecule has 2 aliphatic heterocycles. The highest BCUT2D eigenvalue weighted by molar-refractivity contribution is 5.63. The highest BCUT2D eigenvalue weighted by Gasteiger charge is 2.26. The van der Waals surface area contributed by atoms with Crippen LogP contribution in [0.3, 0.4) is 0 Å². The van der Waals surface area contributed by atoms with Crippen LogP contribution in [0.25, 0.3) is 0 Å². The SMILES string of the molecule is NC1Cc2cccc3c2N(CCC3)C1. The molecule has 0 fully saturated rings. The Bertz CT molecular complexity index is 359. The van der Waals surface area contributed by atoms with E-state index in [4.69, 9.17) is 5.73 Å². The van der Waals surface area contributed by atoms with Crippen molar-refractivity contribution in [3.63, 3.8) is 0 Å². The third kappa shape index (κ3) is 1.14. The molecule has 2 aliphatic rings. The van der Waals surface area contributed by atoms with E-state index in [1.54, 1.807) is 0 Å². The fourth-order valence-electron chi connectivity index (χ4n) is 2.80. The summed E-state index contributed by atoms with van der Waals surface area (Å²) < 4.78 is 0. The predicted molar refractivity (Wildman–Crippen MR) is 58.7 cm³/mol. The zero-order valence-corrected chi connectivity index (χ0v) is 8.37. The molecule has 0 saturated carbocycles. The van der Waals surface area contributed by atoms with Gasteiger partial charge in [-0.25, -0.2) is 0 Å². The van der Waals surface area contributed by atoms with Crippen molar-refractivity contribution in [1.29, 1.82) is 0 Å². The van der Waals surface area contributed by atoms with Crippen molar-refractivity contribution in [3.8, 4) is 0 Å². The van der Waals surface area contributed by atoms with Gasteiger partial charge in [0.2, 0.25) is 0 Å². The van der Waals surface area contributed by atoms with E-state index in [9.17, 15) is 0 Å². The summed E-state index contributed by atoms with van der Waals surface area (Å²) in [6.45, 7) is 2.24. The van der Waals surface area contributed by atoms with E-state index in [-0.39, 0.29) is 0 Å². The van der Waals surface area contributed by atoms with Crippen molar-refractivity contribution in [2.45, 2.75) is 25.3 Å². The van der Waals surface area contributed by atoms with Gasteiger partial charge in [-0.1, -0.05) is 18.2 Å². The van der Waals surface area contributed by atoms with Gasteiger partial charge in [-0.15, -0.1) is 0 Å². The molecule has 0 bridgehead atoms. The van der Waals surface area contributed by atoms with Crippen LogP contribution in [-0.2, 0) is 12.8 Å². The maximum atomic E-state index is 6.05. The first-order valence-electron chi connectivity index (χ1n) is 5.46. The maximum absolute atomic E-state index is 6.05. The molecule has 0 saturated heterocycles. The predicted octanol–water partition coefficient (Wildman–Crippen LogP) is 1.32. The average molecular weight is 188 g/mol. The second kappa shape index (κ2) is 2.99. The van der Waals surface area contributed by atoms with Gasteiger partial charge in [-0.2, -0.15) is 0 Å². The minimum atomic E-state index is 0.329. The molecule has 0 aromatic heterocycles. The maximum Gasteiger partial charge on any atom is 0.0432 e. The molecule has 1 unspecified atom stereocenters. The van der Waals surface area contributed by atoms with E-state index in [0.717, 1.165) is 13.0 Å². The monoisotopic (exact) mass is 188 g/mol. The zero-order valence-electron chi connectivity index (χ0n) is 8.37. The number of aryl methyl sites for hydroxylation is 1. The van der Waals surface area contributed by atoms with Crippen LogP contribution in [0.4, 0.5) is 5.69 Å². The second-order valence-corrected chi connectivity index (χ2v) is 4.44. The summed E-state index contributed by atoms with van der Waals surface area (Å²) in [5.74, 6) is 0. The number of anilines is 1. The van der Waals surface area contributed by atoms with E-state index in [2.05, 4.69) is 23.1 Å². The standard InChI is InChI=1S/C12H16N2/c13-11-7-10-4-1-3-9-5-2-6-14(8-11)12(9)10/h1,3-4,11H,2,5-8,13H2. The first kappa shape index (κ1) is 8.30. The quantitative estimate of drug-likeness (QED) is 0.665. The van der Waals surface area contributed by atoms with Gasteiger partial charge in [0.1, 0.15) is 0 Å². The Kier molecular flexibility index (Phi) is 1.77. The Hall–Kier alpha value is -1.02. The van der Waals surface area contributed by atoms with Gasteiger partial charge in [0.25, 0.3) is 0 Å². The van der Waals surface area contributed by atoms with Crippen LogP contribution in [0, 0.1) is 0 Å². The molecular weight excluding hydrogens is 172 g/mol. The molecule has 0 aliphatic carbocycles. The van der Waals surface area contributed by atoms with Crippen LogP contribution in [-0.4, -0.2) is 19.1 Å². The number of benzene rings is 1. The Balaban J connectivity index is 2.14. The van der Waals surface area contributed by atoms with Gasteiger partial charge in [-0.3, -0.25) is 0 Å². The smallest absolute Gasteiger partial charge is 0.0432 e. The van der Waals surface area contributed by atoms with E-state index in [1.165, 1.54) is 36.2 Å². The fraction of sp³-hybridized carbons (Fsp3) is 0.500. The molecule has 2 heterocycles. The summed E-state index contributed by atoms with van der Waals surface area (Å²) in [4.78, 5) is 2.47. The molecule has 1 aromatic carbocycles. The van der Waals surface area contributed by atoms with Crippen LogP contribution >= 0.6 is 0 Å². The zero-order chi connectivity index (χ0) is 9.54. The number of hydrogen-bond acceptors (Lipinski definition) is 2. The van der Waals surface area contributed by atoms with Crippen molar-refractivity contribution < 1.29 is 0 Å². The van der Waals surface area contributed by atoms with Crippen LogP contribution in [0.5, 0.6) is 0 Å². The lowest BCUT2D eigenvalue weighted by Gasteiger charge is -2.39. The molecule has 2 heteroatoms. The Labute approximate surface area is 84.7 Å². The Morgan fingerprint density at radius 3 is 3.07 bits per heavy atom. The molecule has 1 atom stereocenters. The molecule has 0 amide bonds. The van der Waals surface area contributed by atoms with Crippen LogP contribution in [0.1, 0.15) is 17.5 Å². The summed E-state index contributed by atoms with van der Waals surface area (Å²) in [6.07, 6.45) is 3.58. The van der Waals surface area contributed by atoms with Crippen molar-refractivity contribution >= 4 is 5.69 Å². The Morgan fingerprint density at radius 1 is 1.29 bits per heavy atom. The largest absolute Gasteiger partial charge is 0.370 e. The van der Waals surface area contributed by atoms with Crippen LogP contribution in [0.15, 0.2) is 18.2 Å². The van der Waals surface area contributed by atoms with E-state index < -0.39 is 0 Å². The molecule has 14 heavy (non-hydrogen) atoms. The fourth-order valence-corrected chi connectivity index (χ4v) is 2.80. The molecule has 1 aromatic rings. The molecular formula is C12H16N2.